The van der Waals surface area contributed by atoms with Gasteiger partial charge in [0.2, 0.25) is 17.7 Å². The van der Waals surface area contributed by atoms with E-state index < -0.39 is 0 Å². The molecule has 0 bridgehead atoms. The lowest BCUT2D eigenvalue weighted by Crippen LogP contribution is -2.57. The number of hydrogen-bond donors (Lipinski definition) is 2. The van der Waals surface area contributed by atoms with Crippen LogP contribution in [0.3, 0.4) is 0 Å². The first kappa shape index (κ1) is 20.1. The van der Waals surface area contributed by atoms with Gasteiger partial charge in [0.15, 0.2) is 0 Å². The molecule has 2 saturated heterocycles. The van der Waals surface area contributed by atoms with Crippen LogP contribution in [-0.4, -0.2) is 72.8 Å². The number of nitrogens with zero attached hydrogens (tertiary/aromatic N) is 2. The Morgan fingerprint density at radius 2 is 1.93 bits per heavy atom. The molecular formula is C20H34N4O3. The number of carbonyl (C=O) groups is 3. The lowest BCUT2D eigenvalue weighted by atomic mass is 9.88. The molecule has 1 unspecified atom stereocenters. The van der Waals surface area contributed by atoms with Crippen molar-refractivity contribution < 1.29 is 14.4 Å². The normalized spacial score (nSPS) is 24.9. The minimum atomic E-state index is -0.346. The Kier molecular flexibility index (Phi) is 7.50. The van der Waals surface area contributed by atoms with E-state index in [0.717, 1.165) is 32.5 Å². The first-order chi connectivity index (χ1) is 13.1. The van der Waals surface area contributed by atoms with Gasteiger partial charge in [-0.15, -0.1) is 0 Å². The first-order valence-corrected chi connectivity index (χ1v) is 10.7. The van der Waals surface area contributed by atoms with Gasteiger partial charge < -0.3 is 15.5 Å². The zero-order valence-corrected chi connectivity index (χ0v) is 16.4. The van der Waals surface area contributed by atoms with E-state index in [1.807, 2.05) is 4.90 Å². The summed E-state index contributed by atoms with van der Waals surface area (Å²) in [6.45, 7) is 4.54. The minimum Gasteiger partial charge on any atom is -0.356 e. The van der Waals surface area contributed by atoms with Gasteiger partial charge in [-0.2, -0.15) is 0 Å². The van der Waals surface area contributed by atoms with E-state index in [9.17, 15) is 14.4 Å². The van der Waals surface area contributed by atoms with E-state index in [1.54, 1.807) is 0 Å². The van der Waals surface area contributed by atoms with Crippen LogP contribution in [-0.2, 0) is 14.4 Å². The van der Waals surface area contributed by atoms with Crippen molar-refractivity contribution in [3.63, 3.8) is 0 Å². The molecule has 27 heavy (non-hydrogen) atoms. The third kappa shape index (κ3) is 5.92. The summed E-state index contributed by atoms with van der Waals surface area (Å²) in [5.74, 6) is 0.792. The van der Waals surface area contributed by atoms with Gasteiger partial charge in [-0.05, 0) is 31.6 Å². The molecule has 2 aliphatic heterocycles. The topological polar surface area (TPSA) is 81.8 Å². The summed E-state index contributed by atoms with van der Waals surface area (Å²) in [6, 6.07) is -0.346. The van der Waals surface area contributed by atoms with Crippen molar-refractivity contribution in [2.75, 3.05) is 39.3 Å². The van der Waals surface area contributed by atoms with E-state index in [-0.39, 0.29) is 30.2 Å². The average Bonchev–Trinajstić information content (AvgIpc) is 3.07. The summed E-state index contributed by atoms with van der Waals surface area (Å²) >= 11 is 0. The van der Waals surface area contributed by atoms with Crippen LogP contribution in [0.4, 0.5) is 0 Å². The largest absolute Gasteiger partial charge is 0.356 e. The van der Waals surface area contributed by atoms with Crippen LogP contribution in [0.25, 0.3) is 0 Å². The molecule has 0 aromatic rings. The van der Waals surface area contributed by atoms with Gasteiger partial charge in [-0.25, -0.2) is 0 Å². The number of amides is 3. The Bertz CT molecular complexity index is 533. The highest BCUT2D eigenvalue weighted by Gasteiger charge is 2.33. The number of piperazine rings is 1. The summed E-state index contributed by atoms with van der Waals surface area (Å²) in [4.78, 5) is 40.4. The van der Waals surface area contributed by atoms with E-state index in [2.05, 4.69) is 15.5 Å². The van der Waals surface area contributed by atoms with Gasteiger partial charge in [0.1, 0.15) is 0 Å². The first-order valence-electron chi connectivity index (χ1n) is 10.7. The third-order valence-electron chi connectivity index (χ3n) is 6.14. The van der Waals surface area contributed by atoms with E-state index in [4.69, 9.17) is 0 Å². The molecule has 2 N–H and O–H groups in total. The number of rotatable bonds is 8. The van der Waals surface area contributed by atoms with Crippen LogP contribution in [0.5, 0.6) is 0 Å². The van der Waals surface area contributed by atoms with Crippen molar-refractivity contribution in [3.8, 4) is 0 Å². The molecule has 3 fully saturated rings. The van der Waals surface area contributed by atoms with E-state index >= 15 is 0 Å². The summed E-state index contributed by atoms with van der Waals surface area (Å²) < 4.78 is 0. The van der Waals surface area contributed by atoms with Crippen molar-refractivity contribution in [1.82, 2.24) is 20.4 Å². The summed E-state index contributed by atoms with van der Waals surface area (Å²) in [5.41, 5.74) is 0. The van der Waals surface area contributed by atoms with Gasteiger partial charge in [0.05, 0.1) is 12.5 Å². The van der Waals surface area contributed by atoms with Crippen molar-refractivity contribution >= 4 is 17.7 Å². The Hall–Kier alpha value is -1.63. The van der Waals surface area contributed by atoms with Crippen LogP contribution in [0.2, 0.25) is 0 Å². The molecule has 2 heterocycles. The van der Waals surface area contributed by atoms with Gasteiger partial charge in [-0.1, -0.05) is 19.3 Å². The monoisotopic (exact) mass is 378 g/mol. The molecule has 0 aromatic heterocycles. The van der Waals surface area contributed by atoms with Gasteiger partial charge in [0, 0.05) is 45.7 Å². The molecule has 0 radical (unpaired) electrons. The number of nitrogens with one attached hydrogen (secondary N) is 2. The van der Waals surface area contributed by atoms with E-state index in [0.29, 0.717) is 32.0 Å². The summed E-state index contributed by atoms with van der Waals surface area (Å²) in [5, 5.41) is 5.84. The lowest BCUT2D eigenvalue weighted by molar-refractivity contribution is -0.134. The fraction of sp³-hybridized carbons (Fsp3) is 0.850. The third-order valence-corrected chi connectivity index (χ3v) is 6.14. The fourth-order valence-corrected chi connectivity index (χ4v) is 4.59. The molecule has 3 rings (SSSR count). The Morgan fingerprint density at radius 3 is 2.67 bits per heavy atom. The van der Waals surface area contributed by atoms with Gasteiger partial charge >= 0.3 is 0 Å². The molecule has 0 aromatic carbocycles. The molecule has 7 heteroatoms. The van der Waals surface area contributed by atoms with Crippen LogP contribution >= 0.6 is 0 Å². The molecule has 152 valence electrons. The molecule has 1 atom stereocenters. The highest BCUT2D eigenvalue weighted by atomic mass is 16.2. The second kappa shape index (κ2) is 10.1. The van der Waals surface area contributed by atoms with Crippen LogP contribution in [0.15, 0.2) is 0 Å². The zero-order valence-electron chi connectivity index (χ0n) is 16.4. The lowest BCUT2D eigenvalue weighted by Gasteiger charge is -2.37. The van der Waals surface area contributed by atoms with Crippen LogP contribution < -0.4 is 10.6 Å². The highest BCUT2D eigenvalue weighted by Crippen LogP contribution is 2.25. The number of carbonyl (C=O) groups excluding carboxylic acids is 3. The highest BCUT2D eigenvalue weighted by molar-refractivity contribution is 5.88. The minimum absolute atomic E-state index is 0.0186. The predicted molar refractivity (Wildman–Crippen MR) is 103 cm³/mol. The number of hydrogen-bond acceptors (Lipinski definition) is 4. The van der Waals surface area contributed by atoms with E-state index in [1.165, 1.54) is 32.1 Å². The van der Waals surface area contributed by atoms with Crippen molar-refractivity contribution in [1.29, 1.82) is 0 Å². The Morgan fingerprint density at radius 1 is 1.11 bits per heavy atom. The molecular weight excluding hydrogens is 344 g/mol. The average molecular weight is 379 g/mol. The van der Waals surface area contributed by atoms with Crippen molar-refractivity contribution in [2.45, 2.75) is 63.8 Å². The Balaban J connectivity index is 1.40. The molecule has 1 saturated carbocycles. The second-order valence-electron chi connectivity index (χ2n) is 8.20. The van der Waals surface area contributed by atoms with Gasteiger partial charge in [0.25, 0.3) is 0 Å². The molecule has 3 amide bonds. The smallest absolute Gasteiger partial charge is 0.237 e. The van der Waals surface area contributed by atoms with Crippen LogP contribution in [0.1, 0.15) is 57.8 Å². The van der Waals surface area contributed by atoms with Crippen molar-refractivity contribution in [2.24, 2.45) is 5.92 Å². The maximum absolute atomic E-state index is 12.4. The SMILES string of the molecule is O=C(CC1C(=O)NCCN1CC1CCCCC1)NCCCN1CCCC1=O. The van der Waals surface area contributed by atoms with Gasteiger partial charge in [-0.3, -0.25) is 19.3 Å². The second-order valence-corrected chi connectivity index (χ2v) is 8.20. The quantitative estimate of drug-likeness (QED) is 0.615. The maximum atomic E-state index is 12.4. The molecule has 1 aliphatic carbocycles. The molecule has 3 aliphatic rings. The van der Waals surface area contributed by atoms with Crippen molar-refractivity contribution in [3.05, 3.63) is 0 Å². The fourth-order valence-electron chi connectivity index (χ4n) is 4.59. The number of likely N-dealkylation sites (tertiary alicyclic amines) is 1. The maximum Gasteiger partial charge on any atom is 0.237 e. The predicted octanol–water partition coefficient (Wildman–Crippen LogP) is 0.886. The standard InChI is InChI=1S/C20H34N4O3/c25-18(21-9-5-12-23-11-4-8-19(23)26)14-17-20(27)22-10-13-24(17)15-16-6-2-1-3-7-16/h16-17H,1-15H2,(H,21,25)(H,22,27). The summed E-state index contributed by atoms with van der Waals surface area (Å²) in [7, 11) is 0. The molecule has 0 spiro atoms. The molecule has 7 nitrogen and oxygen atoms in total. The summed E-state index contributed by atoms with van der Waals surface area (Å²) in [6.07, 6.45) is 8.97. The Labute approximate surface area is 162 Å². The zero-order chi connectivity index (χ0) is 19.1. The van der Waals surface area contributed by atoms with Crippen LogP contribution in [0, 0.1) is 5.92 Å².